The summed E-state index contributed by atoms with van der Waals surface area (Å²) < 4.78 is 17.2. The molecule has 4 aliphatic heterocycles. The van der Waals surface area contributed by atoms with E-state index in [9.17, 15) is 5.26 Å². The predicted octanol–water partition coefficient (Wildman–Crippen LogP) is 25.7. The highest BCUT2D eigenvalue weighted by Crippen LogP contribution is 2.45. The van der Waals surface area contributed by atoms with E-state index in [1.807, 2.05) is 189 Å². The van der Waals surface area contributed by atoms with E-state index in [2.05, 4.69) is 254 Å². The molecule has 1 fully saturated rings. The van der Waals surface area contributed by atoms with E-state index in [1.165, 1.54) is 41.1 Å². The topological polar surface area (TPSA) is 270 Å². The first kappa shape index (κ1) is 98.1. The lowest BCUT2D eigenvalue weighted by Crippen LogP contribution is -2.41. The molecule has 0 radical (unpaired) electrons. The van der Waals surface area contributed by atoms with Gasteiger partial charge in [-0.3, -0.25) is 29.9 Å². The molecular weight excluding hydrogens is 1880 g/mol. The fraction of sp³-hybridized carbons (Fsp3) is 0.304. The van der Waals surface area contributed by atoms with Crippen molar-refractivity contribution in [1.29, 1.82) is 26.3 Å². The third-order valence-corrected chi connectivity index (χ3v) is 30.8. The van der Waals surface area contributed by atoms with Crippen molar-refractivity contribution in [3.8, 4) is 51.2 Å². The summed E-state index contributed by atoms with van der Waals surface area (Å²) in [6.45, 7) is 29.6. The Bertz CT molecular complexity index is 6180. The molecule has 15 heterocycles. The summed E-state index contributed by atoms with van der Waals surface area (Å²) in [5, 5.41) is 68.6. The lowest BCUT2D eigenvalue weighted by molar-refractivity contribution is 0.00578. The van der Waals surface area contributed by atoms with Crippen LogP contribution in [0.15, 0.2) is 250 Å². The van der Waals surface area contributed by atoms with Crippen LogP contribution in [0.25, 0.3) is 31.9 Å². The van der Waals surface area contributed by atoms with Gasteiger partial charge in [0.2, 0.25) is 0 Å². The van der Waals surface area contributed by atoms with Gasteiger partial charge in [-0.25, -0.2) is 9.67 Å². The Kier molecular flexibility index (Phi) is 34.7. The van der Waals surface area contributed by atoms with E-state index < -0.39 is 29.3 Å². The maximum atomic E-state index is 9.40. The van der Waals surface area contributed by atoms with Gasteiger partial charge < -0.3 is 15.0 Å². The zero-order valence-electron chi connectivity index (χ0n) is 74.3. The maximum Gasteiger partial charge on any atom is 0.495 e. The average Bonchev–Trinajstić information content (AvgIpc) is 1.42. The molecule has 0 aliphatic carbocycles. The largest absolute Gasteiger partial charge is 0.495 e. The van der Waals surface area contributed by atoms with E-state index in [0.29, 0.717) is 26.1 Å². The van der Waals surface area contributed by atoms with E-state index in [4.69, 9.17) is 46.2 Å². The Morgan fingerprint density at radius 2 is 0.977 bits per heavy atom. The van der Waals surface area contributed by atoms with Crippen LogP contribution in [-0.4, -0.2) is 73.2 Å². The summed E-state index contributed by atoms with van der Waals surface area (Å²) in [6, 6.07) is 63.5. The molecule has 14 aromatic rings. The van der Waals surface area contributed by atoms with Crippen molar-refractivity contribution in [3.63, 3.8) is 0 Å². The molecular formula is C102H104BBrIN15O2S6. The highest BCUT2D eigenvalue weighted by Gasteiger charge is 2.53. The van der Waals surface area contributed by atoms with E-state index in [1.54, 1.807) is 68.0 Å². The number of rotatable bonds is 19. The number of halogens is 2. The third-order valence-electron chi connectivity index (χ3n) is 24.3. The summed E-state index contributed by atoms with van der Waals surface area (Å²) in [7, 11) is -0.507. The number of benzene rings is 3. The van der Waals surface area contributed by atoms with E-state index >= 15 is 0 Å². The molecule has 128 heavy (non-hydrogen) atoms. The first-order valence-electron chi connectivity index (χ1n) is 42.4. The van der Waals surface area contributed by atoms with Crippen LogP contribution in [0, 0.1) is 60.2 Å². The first-order chi connectivity index (χ1) is 61.7. The molecule has 2 N–H and O–H groups in total. The van der Waals surface area contributed by atoms with Crippen LogP contribution >= 0.6 is 107 Å². The van der Waals surface area contributed by atoms with Gasteiger partial charge in [0.15, 0.2) is 5.65 Å². The smallest absolute Gasteiger partial charge is 0.399 e. The molecule has 652 valence electrons. The molecule has 11 aromatic heterocycles. The number of aliphatic imine (C=N–C) groups is 3. The zero-order valence-corrected chi connectivity index (χ0v) is 83.0. The second-order valence-electron chi connectivity index (χ2n) is 32.8. The van der Waals surface area contributed by atoms with Gasteiger partial charge in [0.05, 0.1) is 117 Å². The highest BCUT2D eigenvalue weighted by molar-refractivity contribution is 14.1. The Morgan fingerprint density at radius 3 is 1.41 bits per heavy atom. The standard InChI is InChI=1S/C31H30BN3O2.C16H19N3S.C16H15N3S.C9H10BrNS.C9H11NS.C8H9NS.C7H5IN2.C6H5NS/c1-29(2)30(3,4)37-32(36-29)27-20-21-33-28-26(27)22-34-35(28)31(23-14-8-5-9-15-23,24-16-10-6-11-17-24)25-18-12-7-13-19-25;2*1-3-16(2,10-17)11-6-15(20-9-11)12-4-5-19-14-8-18-7-13(12)14;1-3-9(2,6-11)7-4-8(10)12-5-7;1-3-9(2,7-10)8-4-5-11-6-8;1-2-7(5-9)8-3-4-10-6-8;8-6-1-2-10-7-4-9-3-5(6)7;7-3-1-6-2-4-8-5-6/h5-22H,1-4H3;4-7,9H,3,8,10,17H2,1-2H3;4-7,9H,3,8H2,1-2H3;4-5H,3H2,1-2H3;4-6H,3H2,1-2H3;3-4,6-7H,2H2,1H3;1-3H,4H2;2,4-5H,1H2. The minimum absolute atomic E-state index is 0.0685. The first-order valence-corrected chi connectivity index (χ1v) is 49.7. The summed E-state index contributed by atoms with van der Waals surface area (Å²) in [5.74, 6) is 0.103. The monoisotopic (exact) mass is 1980 g/mol. The third kappa shape index (κ3) is 22.7. The van der Waals surface area contributed by atoms with Crippen molar-refractivity contribution in [3.05, 3.63) is 322 Å². The number of fused-ring (bicyclic) bond motifs is 4. The van der Waals surface area contributed by atoms with Crippen molar-refractivity contribution >= 4 is 149 Å². The lowest BCUT2D eigenvalue weighted by atomic mass is 9.76. The van der Waals surface area contributed by atoms with Gasteiger partial charge in [0.1, 0.15) is 5.54 Å². The Morgan fingerprint density at radius 1 is 0.516 bits per heavy atom. The van der Waals surface area contributed by atoms with Crippen molar-refractivity contribution in [1.82, 2.24) is 29.7 Å². The normalized spacial score (nSPS) is 15.1. The Balaban J connectivity index is 0.000000151. The summed E-state index contributed by atoms with van der Waals surface area (Å²) in [6.07, 6.45) is 20.1. The number of aromatic nitrogens is 6. The molecule has 5 atom stereocenters. The number of nitrogens with two attached hydrogens (primary N) is 1. The van der Waals surface area contributed by atoms with Gasteiger partial charge in [0, 0.05) is 102 Å². The van der Waals surface area contributed by atoms with Gasteiger partial charge in [0.25, 0.3) is 0 Å². The second-order valence-corrected chi connectivity index (χ2v) is 40.4. The minimum atomic E-state index is -0.743. The van der Waals surface area contributed by atoms with Crippen LogP contribution in [-0.2, 0) is 62.6 Å². The van der Waals surface area contributed by atoms with Crippen molar-refractivity contribution in [2.45, 2.75) is 192 Å². The van der Waals surface area contributed by atoms with Crippen LogP contribution in [0.1, 0.15) is 212 Å². The Hall–Kier alpha value is -10.5. The van der Waals surface area contributed by atoms with Crippen LogP contribution < -0.4 is 11.2 Å². The lowest BCUT2D eigenvalue weighted by Gasteiger charge is -2.36. The minimum Gasteiger partial charge on any atom is -0.399 e. The van der Waals surface area contributed by atoms with Crippen LogP contribution in [0.5, 0.6) is 0 Å². The fourth-order valence-electron chi connectivity index (χ4n) is 14.3. The number of hydrogen-bond acceptors (Lipinski definition) is 22. The van der Waals surface area contributed by atoms with E-state index in [-0.39, 0.29) is 22.2 Å². The Labute approximate surface area is 800 Å². The van der Waals surface area contributed by atoms with Crippen molar-refractivity contribution in [2.24, 2.45) is 20.7 Å². The number of nitriles is 5. The summed E-state index contributed by atoms with van der Waals surface area (Å²) >= 11 is 15.7. The molecule has 3 aromatic carbocycles. The number of pyridine rings is 4. The van der Waals surface area contributed by atoms with Crippen LogP contribution in [0.4, 0.5) is 0 Å². The number of thiophene rings is 6. The molecule has 0 amide bonds. The fourth-order valence-corrected chi connectivity index (χ4v) is 20.6. The molecule has 0 saturated carbocycles. The van der Waals surface area contributed by atoms with Gasteiger partial charge in [-0.15, -0.1) is 34.0 Å². The number of hydrogen-bond donors (Lipinski definition) is 1. The second kappa shape index (κ2) is 45.2. The van der Waals surface area contributed by atoms with Gasteiger partial charge >= 0.3 is 7.12 Å². The van der Waals surface area contributed by atoms with Crippen LogP contribution in [0.2, 0.25) is 0 Å². The molecule has 17 nitrogen and oxygen atoms in total. The van der Waals surface area contributed by atoms with Gasteiger partial charge in [-0.1, -0.05) is 133 Å². The molecule has 26 heteroatoms. The molecule has 5 unspecified atom stereocenters. The van der Waals surface area contributed by atoms with Crippen LogP contribution in [0.3, 0.4) is 0 Å². The number of nitrogens with zero attached hydrogens (tertiary/aromatic N) is 14. The SMILES string of the molecule is CC1(C)OB(c2ccnc3c2cnn3C(c2ccccc2)(c2ccccc2)c2ccccc2)OC1(C)C.CCC(C#N)c1ccsc1.CCC(C)(C#N)c1ccsc1.CCC(C)(C#N)c1csc(-c2ccnc3c2C=NC3)c1.CCC(C)(C#N)c1csc(Br)c1.CCC(C)(CN)c1csc(-c2ccnc3c2C=NC3)c1.Ic1ccnc2c1C=NC2.N#CCc1ccsc1. The highest BCUT2D eigenvalue weighted by atomic mass is 127. The summed E-state index contributed by atoms with van der Waals surface area (Å²) in [4.78, 5) is 33.0. The molecule has 18 rings (SSSR count). The van der Waals surface area contributed by atoms with Gasteiger partial charge in [-0.2, -0.15) is 65.4 Å². The van der Waals surface area contributed by atoms with Gasteiger partial charge in [-0.05, 0) is 284 Å². The zero-order chi connectivity index (χ0) is 91.7. The molecule has 0 spiro atoms. The average molecular weight is 1980 g/mol. The predicted molar refractivity (Wildman–Crippen MR) is 543 cm³/mol. The molecule has 1 saturated heterocycles. The molecule has 4 aliphatic rings. The molecule has 0 bridgehead atoms. The summed E-state index contributed by atoms with van der Waals surface area (Å²) in [5.41, 5.74) is 24.5. The van der Waals surface area contributed by atoms with E-state index in [0.717, 1.165) is 126 Å². The maximum absolute atomic E-state index is 9.40. The van der Waals surface area contributed by atoms with Crippen molar-refractivity contribution < 1.29 is 9.31 Å². The van der Waals surface area contributed by atoms with Crippen molar-refractivity contribution in [2.75, 3.05) is 6.54 Å². The quantitative estimate of drug-likeness (QED) is 0.0449.